The van der Waals surface area contributed by atoms with E-state index < -0.39 is 0 Å². The monoisotopic (exact) mass is 418 g/mol. The number of pyridine rings is 1. The van der Waals surface area contributed by atoms with Crippen LogP contribution >= 0.6 is 24.8 Å². The lowest BCUT2D eigenvalue weighted by atomic mass is 10.1. The number of ether oxygens (including phenoxy) is 1. The summed E-state index contributed by atoms with van der Waals surface area (Å²) < 4.78 is 5.93. The van der Waals surface area contributed by atoms with Gasteiger partial charge in [-0.2, -0.15) is 5.26 Å². The number of likely N-dealkylation sites (N-methyl/N-ethyl adjacent to an activating group) is 1. The molecule has 2 aromatic carbocycles. The summed E-state index contributed by atoms with van der Waals surface area (Å²) in [5.41, 5.74) is 10.5. The molecular formula is C21H24Cl2N4O. The molecule has 0 aliphatic rings. The van der Waals surface area contributed by atoms with Gasteiger partial charge in [-0.3, -0.25) is 0 Å². The summed E-state index contributed by atoms with van der Waals surface area (Å²) in [6.07, 6.45) is 0.848. The molecule has 0 bridgehead atoms. The van der Waals surface area contributed by atoms with Crippen LogP contribution in [0.3, 0.4) is 0 Å². The van der Waals surface area contributed by atoms with E-state index in [-0.39, 0.29) is 24.8 Å². The Morgan fingerprint density at radius 3 is 2.61 bits per heavy atom. The number of hydrogen-bond acceptors (Lipinski definition) is 5. The van der Waals surface area contributed by atoms with Gasteiger partial charge in [0.1, 0.15) is 18.2 Å². The topological polar surface area (TPSA) is 84.0 Å². The summed E-state index contributed by atoms with van der Waals surface area (Å²) in [7, 11) is 1.91. The summed E-state index contributed by atoms with van der Waals surface area (Å²) in [5, 5.41) is 13.4. The average Bonchev–Trinajstić information content (AvgIpc) is 2.64. The van der Waals surface area contributed by atoms with Crippen molar-refractivity contribution >= 4 is 41.5 Å². The summed E-state index contributed by atoms with van der Waals surface area (Å²) in [5.74, 6) is 1.22. The molecular weight excluding hydrogens is 395 g/mol. The molecule has 0 atom stereocenters. The zero-order valence-corrected chi connectivity index (χ0v) is 17.5. The molecule has 1 heterocycles. The predicted octanol–water partition coefficient (Wildman–Crippen LogP) is 4.18. The highest BCUT2D eigenvalue weighted by Crippen LogP contribution is 2.22. The molecule has 0 radical (unpaired) electrons. The molecule has 0 aliphatic heterocycles. The summed E-state index contributed by atoms with van der Waals surface area (Å²) in [6, 6.07) is 15.8. The quantitative estimate of drug-likeness (QED) is 0.626. The first kappa shape index (κ1) is 23.5. The predicted molar refractivity (Wildman–Crippen MR) is 119 cm³/mol. The minimum absolute atomic E-state index is 0. The number of nitriles is 1. The third-order valence-electron chi connectivity index (χ3n) is 4.27. The number of nitrogen functional groups attached to an aromatic ring is 1. The van der Waals surface area contributed by atoms with Crippen LogP contribution in [0.5, 0.6) is 5.75 Å². The van der Waals surface area contributed by atoms with Gasteiger partial charge in [0.2, 0.25) is 0 Å². The van der Waals surface area contributed by atoms with Crippen molar-refractivity contribution in [2.45, 2.75) is 20.0 Å². The van der Waals surface area contributed by atoms with E-state index in [2.05, 4.69) is 16.4 Å². The van der Waals surface area contributed by atoms with Gasteiger partial charge in [0.25, 0.3) is 0 Å². The normalized spacial score (nSPS) is 9.89. The van der Waals surface area contributed by atoms with Gasteiger partial charge in [-0.05, 0) is 74.0 Å². The van der Waals surface area contributed by atoms with Crippen LogP contribution in [0.4, 0.5) is 5.82 Å². The van der Waals surface area contributed by atoms with Crippen molar-refractivity contribution in [3.8, 4) is 11.8 Å². The van der Waals surface area contributed by atoms with Crippen LogP contribution in [0, 0.1) is 18.3 Å². The zero-order valence-electron chi connectivity index (χ0n) is 15.9. The van der Waals surface area contributed by atoms with Crippen LogP contribution in [-0.4, -0.2) is 18.6 Å². The van der Waals surface area contributed by atoms with E-state index in [4.69, 9.17) is 10.5 Å². The molecule has 0 amide bonds. The second kappa shape index (κ2) is 10.7. The lowest BCUT2D eigenvalue weighted by Gasteiger charge is -2.10. The van der Waals surface area contributed by atoms with Gasteiger partial charge in [-0.15, -0.1) is 24.8 Å². The van der Waals surface area contributed by atoms with Crippen LogP contribution in [0.2, 0.25) is 0 Å². The molecule has 148 valence electrons. The third kappa shape index (κ3) is 5.74. The molecule has 3 N–H and O–H groups in total. The molecule has 1 aromatic heterocycles. The Hall–Kier alpha value is -2.52. The van der Waals surface area contributed by atoms with Crippen LogP contribution in [-0.2, 0) is 13.0 Å². The van der Waals surface area contributed by atoms with E-state index in [0.717, 1.165) is 40.6 Å². The number of rotatable bonds is 6. The second-order valence-electron chi connectivity index (χ2n) is 6.34. The largest absolute Gasteiger partial charge is 0.489 e. The number of nitrogens with one attached hydrogen (secondary N) is 1. The van der Waals surface area contributed by atoms with Gasteiger partial charge >= 0.3 is 0 Å². The average molecular weight is 419 g/mol. The van der Waals surface area contributed by atoms with Crippen molar-refractivity contribution in [2.24, 2.45) is 0 Å². The Bertz CT molecular complexity index is 986. The van der Waals surface area contributed by atoms with Gasteiger partial charge in [0.15, 0.2) is 0 Å². The van der Waals surface area contributed by atoms with Crippen molar-refractivity contribution in [1.82, 2.24) is 10.3 Å². The zero-order chi connectivity index (χ0) is 18.5. The Morgan fingerprint density at radius 1 is 1.11 bits per heavy atom. The number of aryl methyl sites for hydroxylation is 1. The first-order valence-corrected chi connectivity index (χ1v) is 8.56. The maximum Gasteiger partial charge on any atom is 0.124 e. The first-order valence-electron chi connectivity index (χ1n) is 8.56. The highest BCUT2D eigenvalue weighted by Gasteiger charge is 2.05. The van der Waals surface area contributed by atoms with E-state index in [1.54, 1.807) is 6.07 Å². The fraction of sp³-hybridized carbons (Fsp3) is 0.238. The summed E-state index contributed by atoms with van der Waals surface area (Å²) >= 11 is 0. The van der Waals surface area contributed by atoms with Crippen LogP contribution in [0.25, 0.3) is 10.9 Å². The molecule has 0 aliphatic carbocycles. The van der Waals surface area contributed by atoms with E-state index in [1.807, 2.05) is 50.4 Å². The Balaban J connectivity index is 0.00000196. The number of aromatic nitrogens is 1. The van der Waals surface area contributed by atoms with Crippen molar-refractivity contribution in [3.63, 3.8) is 0 Å². The van der Waals surface area contributed by atoms with Gasteiger partial charge in [-0.1, -0.05) is 12.1 Å². The number of nitrogens with two attached hydrogens (primary N) is 1. The number of benzene rings is 2. The van der Waals surface area contributed by atoms with Gasteiger partial charge in [0, 0.05) is 5.39 Å². The van der Waals surface area contributed by atoms with Gasteiger partial charge < -0.3 is 15.8 Å². The van der Waals surface area contributed by atoms with Crippen LogP contribution < -0.4 is 15.8 Å². The molecule has 28 heavy (non-hydrogen) atoms. The standard InChI is InChI=1S/C21H22N4O.2ClH/c1-14-7-21(23)25-20-11-16(3-4-19(14)20)13-26-18-9-15(5-6-24-2)8-17(10-18)12-22;;/h3-4,7-11,24H,5-6,13H2,1-2H3,(H2,23,25);2*1H. The second-order valence-corrected chi connectivity index (χ2v) is 6.34. The number of anilines is 1. The molecule has 0 unspecified atom stereocenters. The number of nitrogens with zero attached hydrogens (tertiary/aromatic N) is 2. The molecule has 0 fully saturated rings. The SMILES string of the molecule is CNCCc1cc(C#N)cc(OCc2ccc3c(C)cc(N)nc3c2)c1.Cl.Cl. The van der Waals surface area contributed by atoms with E-state index in [9.17, 15) is 5.26 Å². The number of fused-ring (bicyclic) bond motifs is 1. The van der Waals surface area contributed by atoms with E-state index in [0.29, 0.717) is 23.7 Å². The summed E-state index contributed by atoms with van der Waals surface area (Å²) in [6.45, 7) is 3.29. The summed E-state index contributed by atoms with van der Waals surface area (Å²) in [4.78, 5) is 4.40. The highest BCUT2D eigenvalue weighted by atomic mass is 35.5. The number of halogens is 2. The smallest absolute Gasteiger partial charge is 0.124 e. The van der Waals surface area contributed by atoms with Crippen LogP contribution in [0.1, 0.15) is 22.3 Å². The maximum absolute atomic E-state index is 9.23. The minimum Gasteiger partial charge on any atom is -0.489 e. The van der Waals surface area contributed by atoms with Crippen molar-refractivity contribution < 1.29 is 4.74 Å². The molecule has 0 spiro atoms. The fourth-order valence-corrected chi connectivity index (χ4v) is 2.95. The lowest BCUT2D eigenvalue weighted by molar-refractivity contribution is 0.306. The molecule has 0 saturated carbocycles. The highest BCUT2D eigenvalue weighted by molar-refractivity contribution is 5.86. The van der Waals surface area contributed by atoms with Gasteiger partial charge in [0.05, 0.1) is 17.1 Å². The third-order valence-corrected chi connectivity index (χ3v) is 4.27. The fourth-order valence-electron chi connectivity index (χ4n) is 2.95. The Labute approximate surface area is 177 Å². The van der Waals surface area contributed by atoms with Gasteiger partial charge in [-0.25, -0.2) is 4.98 Å². The molecule has 5 nitrogen and oxygen atoms in total. The Kier molecular flexibility index (Phi) is 9.01. The first-order chi connectivity index (χ1) is 12.6. The molecule has 7 heteroatoms. The molecule has 0 saturated heterocycles. The maximum atomic E-state index is 9.23. The lowest BCUT2D eigenvalue weighted by Crippen LogP contribution is -2.10. The number of hydrogen-bond donors (Lipinski definition) is 2. The van der Waals surface area contributed by atoms with E-state index >= 15 is 0 Å². The van der Waals surface area contributed by atoms with Crippen molar-refractivity contribution in [1.29, 1.82) is 5.26 Å². The van der Waals surface area contributed by atoms with Crippen molar-refractivity contribution in [2.75, 3.05) is 19.3 Å². The Morgan fingerprint density at radius 2 is 1.89 bits per heavy atom. The molecule has 3 rings (SSSR count). The van der Waals surface area contributed by atoms with Crippen LogP contribution in [0.15, 0.2) is 42.5 Å². The minimum atomic E-state index is 0. The molecule has 3 aromatic rings. The van der Waals surface area contributed by atoms with E-state index in [1.165, 1.54) is 0 Å². The van der Waals surface area contributed by atoms with Crippen molar-refractivity contribution in [3.05, 3.63) is 64.7 Å².